The van der Waals surface area contributed by atoms with Gasteiger partial charge in [-0.15, -0.1) is 0 Å². The molecule has 0 aliphatic carbocycles. The summed E-state index contributed by atoms with van der Waals surface area (Å²) in [6.45, 7) is 0.347. The van der Waals surface area contributed by atoms with E-state index in [0.29, 0.717) is 17.9 Å². The highest BCUT2D eigenvalue weighted by molar-refractivity contribution is 9.10. The van der Waals surface area contributed by atoms with Gasteiger partial charge in [0, 0.05) is 19.2 Å². The molecular formula is C16H15BrFNO2. The molecule has 0 N–H and O–H groups in total. The molecule has 0 saturated carbocycles. The zero-order valence-corrected chi connectivity index (χ0v) is 13.4. The maximum absolute atomic E-state index is 13.2. The van der Waals surface area contributed by atoms with Gasteiger partial charge in [-0.05, 0) is 51.8 Å². The van der Waals surface area contributed by atoms with Crippen LogP contribution in [0.25, 0.3) is 0 Å². The number of carbonyl (C=O) groups is 1. The molecule has 0 atom stereocenters. The normalized spacial score (nSPS) is 10.3. The Morgan fingerprint density at radius 1 is 1.29 bits per heavy atom. The second-order valence-corrected chi connectivity index (χ2v) is 5.49. The molecular weight excluding hydrogens is 337 g/mol. The molecule has 21 heavy (non-hydrogen) atoms. The third-order valence-electron chi connectivity index (χ3n) is 3.05. The van der Waals surface area contributed by atoms with Crippen LogP contribution in [0.5, 0.6) is 5.75 Å². The fourth-order valence-electron chi connectivity index (χ4n) is 2.00. The lowest BCUT2D eigenvalue weighted by atomic mass is 10.1. The molecule has 0 unspecified atom stereocenters. The zero-order chi connectivity index (χ0) is 15.4. The summed E-state index contributed by atoms with van der Waals surface area (Å²) in [5.41, 5.74) is 1.29. The van der Waals surface area contributed by atoms with Crippen LogP contribution in [-0.2, 0) is 6.54 Å². The van der Waals surface area contributed by atoms with Gasteiger partial charge in [-0.2, -0.15) is 0 Å². The molecule has 0 heterocycles. The number of carbonyl (C=O) groups excluding carboxylic acids is 1. The van der Waals surface area contributed by atoms with Gasteiger partial charge in [0.25, 0.3) is 5.91 Å². The summed E-state index contributed by atoms with van der Waals surface area (Å²) in [5.74, 6) is 0.225. The molecule has 110 valence electrons. The van der Waals surface area contributed by atoms with Crippen molar-refractivity contribution < 1.29 is 13.9 Å². The maximum Gasteiger partial charge on any atom is 0.253 e. The van der Waals surface area contributed by atoms with Gasteiger partial charge in [0.15, 0.2) is 0 Å². The minimum Gasteiger partial charge on any atom is -0.496 e. The molecule has 0 fully saturated rings. The second kappa shape index (κ2) is 6.72. The topological polar surface area (TPSA) is 29.5 Å². The summed E-state index contributed by atoms with van der Waals surface area (Å²) in [5, 5.41) is 0. The predicted octanol–water partition coefficient (Wildman–Crippen LogP) is 3.87. The van der Waals surface area contributed by atoms with Gasteiger partial charge in [-0.1, -0.05) is 12.1 Å². The van der Waals surface area contributed by atoms with E-state index in [1.54, 1.807) is 49.4 Å². The third-order valence-corrected chi connectivity index (χ3v) is 3.67. The van der Waals surface area contributed by atoms with Gasteiger partial charge in [0.1, 0.15) is 11.6 Å². The number of amides is 1. The molecule has 0 aliphatic heterocycles. The van der Waals surface area contributed by atoms with E-state index in [9.17, 15) is 9.18 Å². The van der Waals surface area contributed by atoms with E-state index >= 15 is 0 Å². The molecule has 2 aromatic carbocycles. The molecule has 0 saturated heterocycles. The van der Waals surface area contributed by atoms with Gasteiger partial charge in [-0.3, -0.25) is 4.79 Å². The largest absolute Gasteiger partial charge is 0.496 e. The van der Waals surface area contributed by atoms with Crippen LogP contribution in [0, 0.1) is 5.82 Å². The van der Waals surface area contributed by atoms with Crippen LogP contribution in [0.2, 0.25) is 0 Å². The first-order valence-electron chi connectivity index (χ1n) is 6.34. The van der Waals surface area contributed by atoms with Crippen LogP contribution in [0.3, 0.4) is 0 Å². The molecule has 0 aromatic heterocycles. The fourth-order valence-corrected chi connectivity index (χ4v) is 2.54. The van der Waals surface area contributed by atoms with E-state index in [0.717, 1.165) is 10.0 Å². The average molecular weight is 352 g/mol. The van der Waals surface area contributed by atoms with Crippen molar-refractivity contribution in [3.05, 3.63) is 63.9 Å². The lowest BCUT2D eigenvalue weighted by Crippen LogP contribution is -2.26. The lowest BCUT2D eigenvalue weighted by molar-refractivity contribution is 0.0785. The number of halogens is 2. The van der Waals surface area contributed by atoms with E-state index in [-0.39, 0.29) is 11.7 Å². The van der Waals surface area contributed by atoms with Crippen molar-refractivity contribution in [2.45, 2.75) is 6.54 Å². The molecule has 0 spiro atoms. The van der Waals surface area contributed by atoms with E-state index in [2.05, 4.69) is 15.9 Å². The van der Waals surface area contributed by atoms with E-state index in [1.165, 1.54) is 12.1 Å². The van der Waals surface area contributed by atoms with E-state index in [4.69, 9.17) is 4.74 Å². The maximum atomic E-state index is 13.2. The molecule has 0 aliphatic rings. The summed E-state index contributed by atoms with van der Waals surface area (Å²) in [4.78, 5) is 13.9. The Morgan fingerprint density at radius 3 is 2.67 bits per heavy atom. The fraction of sp³-hybridized carbons (Fsp3) is 0.188. The van der Waals surface area contributed by atoms with Crippen LogP contribution < -0.4 is 4.74 Å². The lowest BCUT2D eigenvalue weighted by Gasteiger charge is -2.18. The molecule has 0 bridgehead atoms. The van der Waals surface area contributed by atoms with Gasteiger partial charge in [0.05, 0.1) is 11.6 Å². The first-order valence-corrected chi connectivity index (χ1v) is 7.14. The van der Waals surface area contributed by atoms with Crippen LogP contribution >= 0.6 is 15.9 Å². The van der Waals surface area contributed by atoms with Crippen molar-refractivity contribution in [3.63, 3.8) is 0 Å². The number of rotatable bonds is 4. The Hall–Kier alpha value is -1.88. The number of nitrogens with zero attached hydrogens (tertiary/aromatic N) is 1. The summed E-state index contributed by atoms with van der Waals surface area (Å²) < 4.78 is 19.0. The van der Waals surface area contributed by atoms with Crippen LogP contribution in [0.1, 0.15) is 15.9 Å². The van der Waals surface area contributed by atoms with Gasteiger partial charge >= 0.3 is 0 Å². The molecule has 3 nitrogen and oxygen atoms in total. The van der Waals surface area contributed by atoms with Crippen LogP contribution in [0.15, 0.2) is 46.9 Å². The third kappa shape index (κ3) is 3.82. The highest BCUT2D eigenvalue weighted by Crippen LogP contribution is 2.26. The predicted molar refractivity (Wildman–Crippen MR) is 82.9 cm³/mol. The standard InChI is InChI=1S/C16H15BrFNO2/c1-19(10-11-4-3-5-13(18)8-11)16(20)12-6-7-15(21-2)14(17)9-12/h3-9H,10H2,1-2H3. The van der Waals surface area contributed by atoms with E-state index < -0.39 is 0 Å². The molecule has 0 radical (unpaired) electrons. The number of benzene rings is 2. The Labute approximate surface area is 131 Å². The van der Waals surface area contributed by atoms with Gasteiger partial charge in [0.2, 0.25) is 0 Å². The summed E-state index contributed by atoms with van der Waals surface area (Å²) >= 11 is 3.36. The van der Waals surface area contributed by atoms with Gasteiger partial charge < -0.3 is 9.64 Å². The minimum atomic E-state index is -0.305. The number of methoxy groups -OCH3 is 1. The monoisotopic (exact) mass is 351 g/mol. The van der Waals surface area contributed by atoms with Crippen molar-refractivity contribution in [1.82, 2.24) is 4.90 Å². The Morgan fingerprint density at radius 2 is 2.05 bits per heavy atom. The Balaban J connectivity index is 2.14. The summed E-state index contributed by atoms with van der Waals surface area (Å²) in [7, 11) is 3.25. The van der Waals surface area contributed by atoms with Crippen molar-refractivity contribution in [2.75, 3.05) is 14.2 Å². The van der Waals surface area contributed by atoms with Crippen LogP contribution in [0.4, 0.5) is 4.39 Å². The van der Waals surface area contributed by atoms with E-state index in [1.807, 2.05) is 0 Å². The van der Waals surface area contributed by atoms with Crippen molar-refractivity contribution >= 4 is 21.8 Å². The first-order chi connectivity index (χ1) is 10.0. The highest BCUT2D eigenvalue weighted by Gasteiger charge is 2.14. The number of hydrogen-bond donors (Lipinski definition) is 0. The van der Waals surface area contributed by atoms with Crippen molar-refractivity contribution in [2.24, 2.45) is 0 Å². The molecule has 2 aromatic rings. The Kier molecular flexibility index (Phi) is 4.96. The number of hydrogen-bond acceptors (Lipinski definition) is 2. The second-order valence-electron chi connectivity index (χ2n) is 4.64. The highest BCUT2D eigenvalue weighted by atomic mass is 79.9. The minimum absolute atomic E-state index is 0.136. The summed E-state index contributed by atoms with van der Waals surface area (Å²) in [6.07, 6.45) is 0. The van der Waals surface area contributed by atoms with Crippen molar-refractivity contribution in [1.29, 1.82) is 0 Å². The average Bonchev–Trinajstić information content (AvgIpc) is 2.46. The molecule has 1 amide bonds. The summed E-state index contributed by atoms with van der Waals surface area (Å²) in [6, 6.07) is 11.4. The Bertz CT molecular complexity index is 660. The van der Waals surface area contributed by atoms with Crippen molar-refractivity contribution in [3.8, 4) is 5.75 Å². The SMILES string of the molecule is COc1ccc(C(=O)N(C)Cc2cccc(F)c2)cc1Br. The van der Waals surface area contributed by atoms with Crippen LogP contribution in [-0.4, -0.2) is 25.0 Å². The first kappa shape index (κ1) is 15.5. The smallest absolute Gasteiger partial charge is 0.253 e. The quantitative estimate of drug-likeness (QED) is 0.836. The number of ether oxygens (including phenoxy) is 1. The molecule has 2 rings (SSSR count). The van der Waals surface area contributed by atoms with Gasteiger partial charge in [-0.25, -0.2) is 4.39 Å². The molecule has 5 heteroatoms. The zero-order valence-electron chi connectivity index (χ0n) is 11.8.